The molecule has 1 fully saturated rings. The lowest BCUT2D eigenvalue weighted by molar-refractivity contribution is 1.00. The van der Waals surface area contributed by atoms with E-state index < -0.39 is 0 Å². The first-order valence-corrected chi connectivity index (χ1v) is 8.81. The molecule has 4 nitrogen and oxygen atoms in total. The first kappa shape index (κ1) is 16.7. The summed E-state index contributed by atoms with van der Waals surface area (Å²) in [5, 5.41) is 6.51. The number of para-hydroxylation sites is 1. The molecule has 0 aliphatic heterocycles. The lowest BCUT2D eigenvalue weighted by atomic mass is 10.1. The van der Waals surface area contributed by atoms with Crippen molar-refractivity contribution in [1.29, 1.82) is 0 Å². The third kappa shape index (κ3) is 4.23. The Morgan fingerprint density at radius 2 is 2.08 bits per heavy atom. The van der Waals surface area contributed by atoms with Crippen LogP contribution < -0.4 is 10.6 Å². The molecule has 1 aromatic heterocycles. The summed E-state index contributed by atoms with van der Waals surface area (Å²) >= 11 is 3.49. The molecule has 0 bridgehead atoms. The smallest absolute Gasteiger partial charge is 0.229 e. The molecule has 2 N–H and O–H groups in total. The largest absolute Gasteiger partial charge is 0.340 e. The Kier molecular flexibility index (Phi) is 5.00. The van der Waals surface area contributed by atoms with Crippen LogP contribution in [0.25, 0.3) is 0 Å². The number of hydrogen-bond acceptors (Lipinski definition) is 4. The van der Waals surface area contributed by atoms with E-state index in [-0.39, 0.29) is 0 Å². The molecule has 1 aliphatic rings. The van der Waals surface area contributed by atoms with E-state index in [1.54, 1.807) is 6.20 Å². The second-order valence-electron chi connectivity index (χ2n) is 6.14. The first-order valence-electron chi connectivity index (χ1n) is 8.02. The molecule has 0 saturated heterocycles. The second kappa shape index (κ2) is 7.18. The number of benzene rings is 1. The van der Waals surface area contributed by atoms with E-state index in [4.69, 9.17) is 0 Å². The Hall–Kier alpha value is -2.14. The Bertz CT molecular complexity index is 794. The summed E-state index contributed by atoms with van der Waals surface area (Å²) in [5.41, 5.74) is 4.34. The molecule has 5 heteroatoms. The summed E-state index contributed by atoms with van der Waals surface area (Å²) in [6.45, 7) is 8.29. The van der Waals surface area contributed by atoms with Gasteiger partial charge in [-0.15, -0.1) is 0 Å². The fourth-order valence-electron chi connectivity index (χ4n) is 2.47. The van der Waals surface area contributed by atoms with Gasteiger partial charge < -0.3 is 10.6 Å². The van der Waals surface area contributed by atoms with Crippen LogP contribution >= 0.6 is 15.9 Å². The molecule has 2 aromatic rings. The maximum atomic E-state index is 4.55. The number of hydrogen-bond donors (Lipinski definition) is 2. The van der Waals surface area contributed by atoms with Crippen LogP contribution in [0, 0.1) is 12.8 Å². The van der Waals surface area contributed by atoms with Crippen LogP contribution in [0.4, 0.5) is 17.5 Å². The van der Waals surface area contributed by atoms with Gasteiger partial charge in [-0.3, -0.25) is 0 Å². The summed E-state index contributed by atoms with van der Waals surface area (Å²) < 4.78 is 0.802. The zero-order valence-electron chi connectivity index (χ0n) is 13.9. The van der Waals surface area contributed by atoms with Crippen LogP contribution in [-0.2, 0) is 0 Å². The fraction of sp³-hybridized carbons (Fsp3) is 0.263. The molecule has 0 atom stereocenters. The predicted molar refractivity (Wildman–Crippen MR) is 103 cm³/mol. The maximum absolute atomic E-state index is 4.55. The molecular weight excluding hydrogens is 364 g/mol. The minimum absolute atomic E-state index is 0.547. The van der Waals surface area contributed by atoms with E-state index in [1.807, 2.05) is 31.2 Å². The van der Waals surface area contributed by atoms with Crippen molar-refractivity contribution in [2.45, 2.75) is 26.7 Å². The van der Waals surface area contributed by atoms with E-state index in [2.05, 4.69) is 56.1 Å². The fourth-order valence-corrected chi connectivity index (χ4v) is 2.76. The number of anilines is 3. The zero-order chi connectivity index (χ0) is 17.1. The third-order valence-corrected chi connectivity index (χ3v) is 4.62. The predicted octanol–water partition coefficient (Wildman–Crippen LogP) is 5.57. The minimum atomic E-state index is 0.547. The van der Waals surface area contributed by atoms with Gasteiger partial charge in [0, 0.05) is 17.6 Å². The van der Waals surface area contributed by atoms with Crippen molar-refractivity contribution in [2.24, 2.45) is 5.92 Å². The van der Waals surface area contributed by atoms with Gasteiger partial charge in [-0.2, -0.15) is 4.98 Å². The Morgan fingerprint density at radius 3 is 2.79 bits per heavy atom. The Morgan fingerprint density at radius 1 is 1.33 bits per heavy atom. The molecule has 1 saturated carbocycles. The minimum Gasteiger partial charge on any atom is -0.340 e. The third-order valence-electron chi connectivity index (χ3n) is 4.04. The van der Waals surface area contributed by atoms with Crippen LogP contribution in [0.3, 0.4) is 0 Å². The molecule has 0 unspecified atom stereocenters. The Balaban J connectivity index is 1.75. The first-order chi connectivity index (χ1) is 11.5. The molecule has 124 valence electrons. The van der Waals surface area contributed by atoms with Crippen LogP contribution in [0.2, 0.25) is 0 Å². The molecule has 1 aromatic carbocycles. The van der Waals surface area contributed by atoms with E-state index in [0.717, 1.165) is 27.3 Å². The lowest BCUT2D eigenvalue weighted by Gasteiger charge is -2.12. The lowest BCUT2D eigenvalue weighted by Crippen LogP contribution is -2.04. The van der Waals surface area contributed by atoms with Gasteiger partial charge >= 0.3 is 0 Å². The standard InChI is InChI=1S/C19H21BrN4/c1-12-6-4-5-7-17(12)23-19-21-11-16(20)18(24-19)22-14(3)10-13(2)15-8-9-15/h4-7,10-11,15H,3,8-9H2,1-2H3,(H2,21,22,23,24)/b13-10+. The van der Waals surface area contributed by atoms with Crippen molar-refractivity contribution in [3.05, 3.63) is 64.4 Å². The van der Waals surface area contributed by atoms with Crippen molar-refractivity contribution < 1.29 is 0 Å². The highest BCUT2D eigenvalue weighted by atomic mass is 79.9. The van der Waals surface area contributed by atoms with Gasteiger partial charge in [-0.05, 0) is 66.2 Å². The maximum Gasteiger partial charge on any atom is 0.229 e. The van der Waals surface area contributed by atoms with E-state index in [9.17, 15) is 0 Å². The van der Waals surface area contributed by atoms with Crippen molar-refractivity contribution in [1.82, 2.24) is 9.97 Å². The zero-order valence-corrected chi connectivity index (χ0v) is 15.5. The van der Waals surface area contributed by atoms with Gasteiger partial charge in [0.05, 0.1) is 4.47 Å². The van der Waals surface area contributed by atoms with Crippen LogP contribution in [0.1, 0.15) is 25.3 Å². The van der Waals surface area contributed by atoms with Gasteiger partial charge in [0.2, 0.25) is 5.95 Å². The molecule has 0 radical (unpaired) electrons. The summed E-state index contributed by atoms with van der Waals surface area (Å²) in [5.74, 6) is 1.98. The molecule has 3 rings (SSSR count). The number of aromatic nitrogens is 2. The van der Waals surface area contributed by atoms with E-state index in [1.165, 1.54) is 18.4 Å². The van der Waals surface area contributed by atoms with Crippen LogP contribution in [0.15, 0.2) is 58.9 Å². The van der Waals surface area contributed by atoms with E-state index >= 15 is 0 Å². The number of halogens is 1. The summed E-state index contributed by atoms with van der Waals surface area (Å²) in [4.78, 5) is 8.87. The summed E-state index contributed by atoms with van der Waals surface area (Å²) in [6.07, 6.45) is 6.41. The Labute approximate surface area is 151 Å². The molecule has 1 aliphatic carbocycles. The van der Waals surface area contributed by atoms with Gasteiger partial charge in [-0.25, -0.2) is 4.98 Å². The van der Waals surface area contributed by atoms with Crippen molar-refractivity contribution in [2.75, 3.05) is 10.6 Å². The molecule has 0 spiro atoms. The monoisotopic (exact) mass is 384 g/mol. The highest BCUT2D eigenvalue weighted by Gasteiger charge is 2.22. The van der Waals surface area contributed by atoms with E-state index in [0.29, 0.717) is 11.8 Å². The van der Waals surface area contributed by atoms with Crippen LogP contribution in [-0.4, -0.2) is 9.97 Å². The highest BCUT2D eigenvalue weighted by Crippen LogP contribution is 2.36. The van der Waals surface area contributed by atoms with Crippen molar-refractivity contribution in [3.63, 3.8) is 0 Å². The van der Waals surface area contributed by atoms with Gasteiger partial charge in [0.25, 0.3) is 0 Å². The average molecular weight is 385 g/mol. The molecule has 1 heterocycles. The topological polar surface area (TPSA) is 49.8 Å². The summed E-state index contributed by atoms with van der Waals surface area (Å²) in [7, 11) is 0. The van der Waals surface area contributed by atoms with Crippen molar-refractivity contribution in [3.8, 4) is 0 Å². The van der Waals surface area contributed by atoms with Crippen LogP contribution in [0.5, 0.6) is 0 Å². The normalized spacial score (nSPS) is 14.4. The highest BCUT2D eigenvalue weighted by molar-refractivity contribution is 9.10. The number of nitrogens with one attached hydrogen (secondary N) is 2. The second-order valence-corrected chi connectivity index (χ2v) is 7.00. The SMILES string of the molecule is C=C(/C=C(\C)C1CC1)Nc1nc(Nc2ccccc2C)ncc1Br. The summed E-state index contributed by atoms with van der Waals surface area (Å²) in [6, 6.07) is 8.05. The number of allylic oxidation sites excluding steroid dienone is 2. The average Bonchev–Trinajstić information content (AvgIpc) is 3.37. The molecule has 24 heavy (non-hydrogen) atoms. The van der Waals surface area contributed by atoms with Gasteiger partial charge in [-0.1, -0.05) is 30.4 Å². The van der Waals surface area contributed by atoms with Crippen molar-refractivity contribution >= 4 is 33.4 Å². The number of rotatable bonds is 6. The quantitative estimate of drug-likeness (QED) is 0.638. The number of aryl methyl sites for hydroxylation is 1. The number of nitrogens with zero attached hydrogens (tertiary/aromatic N) is 2. The molecule has 0 amide bonds. The molecular formula is C19H21BrN4. The van der Waals surface area contributed by atoms with Gasteiger partial charge in [0.15, 0.2) is 0 Å². The van der Waals surface area contributed by atoms with Gasteiger partial charge in [0.1, 0.15) is 5.82 Å².